The van der Waals surface area contributed by atoms with E-state index >= 15 is 0 Å². The molecule has 0 radical (unpaired) electrons. The summed E-state index contributed by atoms with van der Waals surface area (Å²) in [5.41, 5.74) is 5.89. The summed E-state index contributed by atoms with van der Waals surface area (Å²) in [4.78, 5) is 12.6. The number of methoxy groups -OCH3 is 1. The number of aryl methyl sites for hydroxylation is 1. The molecule has 0 amide bonds. The molecular formula is C25H27BrN2O2. The number of carbonyl (C=O) groups excluding carboxylic acids is 1. The zero-order valence-corrected chi connectivity index (χ0v) is 19.7. The molecule has 4 nitrogen and oxygen atoms in total. The van der Waals surface area contributed by atoms with Gasteiger partial charge < -0.3 is 4.74 Å². The lowest BCUT2D eigenvalue weighted by atomic mass is 10.00. The maximum Gasteiger partial charge on any atom is 0.185 e. The van der Waals surface area contributed by atoms with Crippen LogP contribution < -0.4 is 4.74 Å². The second-order valence-corrected chi connectivity index (χ2v) is 8.48. The maximum atomic E-state index is 12.6. The third-order valence-electron chi connectivity index (χ3n) is 5.21. The Morgan fingerprint density at radius 2 is 1.87 bits per heavy atom. The highest BCUT2D eigenvalue weighted by Gasteiger charge is 2.12. The molecule has 2 aromatic carbocycles. The van der Waals surface area contributed by atoms with Gasteiger partial charge >= 0.3 is 0 Å². The lowest BCUT2D eigenvalue weighted by Gasteiger charge is -2.11. The van der Waals surface area contributed by atoms with Crippen molar-refractivity contribution in [2.45, 2.75) is 40.2 Å². The fourth-order valence-corrected chi connectivity index (χ4v) is 3.60. The average molecular weight is 467 g/mol. The molecule has 5 heteroatoms. The van der Waals surface area contributed by atoms with E-state index in [0.29, 0.717) is 18.0 Å². The van der Waals surface area contributed by atoms with Crippen molar-refractivity contribution in [1.29, 1.82) is 0 Å². The number of hydrogen-bond donors (Lipinski definition) is 0. The Bertz CT molecular complexity index is 1080. The Morgan fingerprint density at radius 3 is 2.43 bits per heavy atom. The number of ketones is 1. The van der Waals surface area contributed by atoms with Crippen molar-refractivity contribution >= 4 is 27.8 Å². The zero-order chi connectivity index (χ0) is 21.8. The van der Waals surface area contributed by atoms with Crippen molar-refractivity contribution in [3.8, 4) is 5.75 Å². The van der Waals surface area contributed by atoms with Crippen LogP contribution in [0.25, 0.3) is 6.08 Å². The van der Waals surface area contributed by atoms with Gasteiger partial charge in [-0.25, -0.2) is 0 Å². The first-order valence-electron chi connectivity index (χ1n) is 9.99. The Morgan fingerprint density at radius 1 is 1.17 bits per heavy atom. The fourth-order valence-electron chi connectivity index (χ4n) is 3.32. The molecule has 0 aliphatic heterocycles. The summed E-state index contributed by atoms with van der Waals surface area (Å²) in [5.74, 6) is 1.24. The van der Waals surface area contributed by atoms with Crippen LogP contribution in [0.4, 0.5) is 0 Å². The largest absolute Gasteiger partial charge is 0.496 e. The molecule has 3 rings (SSSR count). The monoisotopic (exact) mass is 466 g/mol. The number of ether oxygens (including phenoxy) is 1. The summed E-state index contributed by atoms with van der Waals surface area (Å²) >= 11 is 3.58. The minimum Gasteiger partial charge on any atom is -0.496 e. The van der Waals surface area contributed by atoms with Gasteiger partial charge in [-0.3, -0.25) is 9.48 Å². The van der Waals surface area contributed by atoms with Crippen LogP contribution in [-0.2, 0) is 6.54 Å². The van der Waals surface area contributed by atoms with Crippen molar-refractivity contribution < 1.29 is 9.53 Å². The van der Waals surface area contributed by atoms with E-state index in [4.69, 9.17) is 4.74 Å². The predicted octanol–water partition coefficient (Wildman–Crippen LogP) is 6.34. The van der Waals surface area contributed by atoms with Crippen LogP contribution in [0.15, 0.2) is 53.0 Å². The molecule has 1 aromatic heterocycles. The van der Waals surface area contributed by atoms with E-state index < -0.39 is 0 Å². The quantitative estimate of drug-likeness (QED) is 0.301. The van der Waals surface area contributed by atoms with E-state index in [9.17, 15) is 4.79 Å². The maximum absolute atomic E-state index is 12.6. The van der Waals surface area contributed by atoms with Crippen LogP contribution in [0.3, 0.4) is 0 Å². The van der Waals surface area contributed by atoms with E-state index in [1.807, 2.05) is 67.1 Å². The summed E-state index contributed by atoms with van der Waals surface area (Å²) in [6, 6.07) is 13.7. The van der Waals surface area contributed by atoms with Crippen LogP contribution in [0, 0.1) is 13.8 Å². The molecule has 0 aliphatic carbocycles. The molecule has 0 bridgehead atoms. The van der Waals surface area contributed by atoms with Crippen LogP contribution in [-0.4, -0.2) is 22.7 Å². The van der Waals surface area contributed by atoms with Gasteiger partial charge in [-0.15, -0.1) is 0 Å². The highest BCUT2D eigenvalue weighted by molar-refractivity contribution is 9.10. The molecule has 0 fully saturated rings. The summed E-state index contributed by atoms with van der Waals surface area (Å²) in [6.45, 7) is 8.88. The standard InChI is InChI=1S/C25H27BrN2O2/c1-16(2)20-8-10-21(11-9-20)23(29)12-6-19-7-13-24(30-5)22(14-19)15-28-18(4)25(26)17(3)27-28/h6-14,16H,15H2,1-5H3/b12-6+. The minimum absolute atomic E-state index is 0.00912. The molecule has 3 aromatic rings. The normalized spacial score (nSPS) is 11.4. The Kier molecular flexibility index (Phi) is 6.93. The molecule has 0 spiro atoms. The van der Waals surface area contributed by atoms with E-state index in [-0.39, 0.29) is 5.78 Å². The summed E-state index contributed by atoms with van der Waals surface area (Å²) in [7, 11) is 1.66. The van der Waals surface area contributed by atoms with Crippen LogP contribution >= 0.6 is 15.9 Å². The van der Waals surface area contributed by atoms with Gasteiger partial charge in [0.25, 0.3) is 0 Å². The topological polar surface area (TPSA) is 44.1 Å². The van der Waals surface area contributed by atoms with Gasteiger partial charge in [0, 0.05) is 11.1 Å². The number of aromatic nitrogens is 2. The lowest BCUT2D eigenvalue weighted by molar-refractivity contribution is 0.104. The fraction of sp³-hybridized carbons (Fsp3) is 0.280. The Labute approximate surface area is 186 Å². The second kappa shape index (κ2) is 9.43. The van der Waals surface area contributed by atoms with E-state index in [0.717, 1.165) is 32.7 Å². The first kappa shape index (κ1) is 22.0. The van der Waals surface area contributed by atoms with Gasteiger partial charge in [-0.2, -0.15) is 5.10 Å². The Balaban J connectivity index is 1.81. The summed E-state index contributed by atoms with van der Waals surface area (Å²) in [6.07, 6.45) is 3.47. The number of carbonyl (C=O) groups is 1. The van der Waals surface area contributed by atoms with Gasteiger partial charge in [0.1, 0.15) is 5.75 Å². The van der Waals surface area contributed by atoms with Crippen molar-refractivity contribution in [2.75, 3.05) is 7.11 Å². The number of nitrogens with zero attached hydrogens (tertiary/aromatic N) is 2. The highest BCUT2D eigenvalue weighted by atomic mass is 79.9. The summed E-state index contributed by atoms with van der Waals surface area (Å²) < 4.78 is 8.50. The molecule has 156 valence electrons. The molecule has 0 saturated carbocycles. The molecule has 0 aliphatic rings. The number of benzene rings is 2. The van der Waals surface area contributed by atoms with Crippen molar-refractivity contribution in [1.82, 2.24) is 9.78 Å². The smallest absolute Gasteiger partial charge is 0.185 e. The number of halogens is 1. The molecular weight excluding hydrogens is 440 g/mol. The first-order valence-corrected chi connectivity index (χ1v) is 10.8. The number of allylic oxidation sites excluding steroid dienone is 1. The zero-order valence-electron chi connectivity index (χ0n) is 18.1. The van der Waals surface area contributed by atoms with Crippen molar-refractivity contribution in [3.63, 3.8) is 0 Å². The van der Waals surface area contributed by atoms with Crippen molar-refractivity contribution in [3.05, 3.63) is 86.7 Å². The van der Waals surface area contributed by atoms with Crippen molar-refractivity contribution in [2.24, 2.45) is 0 Å². The SMILES string of the molecule is COc1ccc(/C=C/C(=O)c2ccc(C(C)C)cc2)cc1Cn1nc(C)c(Br)c1C. The third-order valence-corrected chi connectivity index (χ3v) is 6.35. The molecule has 0 atom stereocenters. The van der Waals surface area contributed by atoms with Gasteiger partial charge in [0.05, 0.1) is 29.5 Å². The summed E-state index contributed by atoms with van der Waals surface area (Å²) in [5, 5.41) is 4.59. The van der Waals surface area contributed by atoms with E-state index in [2.05, 4.69) is 34.9 Å². The number of hydrogen-bond acceptors (Lipinski definition) is 3. The van der Waals surface area contributed by atoms with Gasteiger partial charge in [0.15, 0.2) is 5.78 Å². The molecule has 30 heavy (non-hydrogen) atoms. The second-order valence-electron chi connectivity index (χ2n) is 7.69. The lowest BCUT2D eigenvalue weighted by Crippen LogP contribution is -2.06. The van der Waals surface area contributed by atoms with Gasteiger partial charge in [-0.1, -0.05) is 50.3 Å². The van der Waals surface area contributed by atoms with Gasteiger partial charge in [0.2, 0.25) is 0 Å². The first-order chi connectivity index (χ1) is 14.3. The average Bonchev–Trinajstić information content (AvgIpc) is 2.98. The third kappa shape index (κ3) is 4.90. The van der Waals surface area contributed by atoms with Crippen LogP contribution in [0.1, 0.15) is 58.2 Å². The van der Waals surface area contributed by atoms with Gasteiger partial charge in [-0.05, 0) is 65.0 Å². The molecule has 0 saturated heterocycles. The predicted molar refractivity (Wildman–Crippen MR) is 125 cm³/mol. The number of rotatable bonds is 7. The molecule has 0 unspecified atom stereocenters. The van der Waals surface area contributed by atoms with Crippen LogP contribution in [0.2, 0.25) is 0 Å². The van der Waals surface area contributed by atoms with E-state index in [1.54, 1.807) is 13.2 Å². The highest BCUT2D eigenvalue weighted by Crippen LogP contribution is 2.25. The molecule has 0 N–H and O–H groups in total. The molecule has 1 heterocycles. The van der Waals surface area contributed by atoms with Crippen LogP contribution in [0.5, 0.6) is 5.75 Å². The van der Waals surface area contributed by atoms with E-state index in [1.165, 1.54) is 5.56 Å². The Hall–Kier alpha value is -2.66. The minimum atomic E-state index is -0.00912.